The third kappa shape index (κ3) is 6.04. The summed E-state index contributed by atoms with van der Waals surface area (Å²) >= 11 is 1.23. The molecule has 2 aliphatic carbocycles. The molecule has 2 saturated carbocycles. The Kier molecular flexibility index (Phi) is 8.58. The van der Waals surface area contributed by atoms with Gasteiger partial charge in [0.1, 0.15) is 29.3 Å². The van der Waals surface area contributed by atoms with Gasteiger partial charge in [-0.1, -0.05) is 38.2 Å². The average molecular weight is 517 g/mol. The van der Waals surface area contributed by atoms with E-state index in [4.69, 9.17) is 14.3 Å². The average Bonchev–Trinajstić information content (AvgIpc) is 3.67. The van der Waals surface area contributed by atoms with Crippen molar-refractivity contribution in [2.45, 2.75) is 75.5 Å². The molecule has 3 heterocycles. The number of fused-ring (bicyclic) bond motifs is 1. The Hall–Kier alpha value is -2.98. The number of Topliss-reactive ketones (excluding diaryl/α,β-unsaturated/α-hetero) is 1. The second-order valence-corrected chi connectivity index (χ2v) is 10.6. The third-order valence-corrected chi connectivity index (χ3v) is 8.14. The first-order chi connectivity index (χ1) is 17.4. The van der Waals surface area contributed by atoms with E-state index in [9.17, 15) is 19.2 Å². The fourth-order valence-corrected chi connectivity index (χ4v) is 5.93. The summed E-state index contributed by atoms with van der Waals surface area (Å²) in [5, 5.41) is 15.9. The lowest BCUT2D eigenvalue weighted by atomic mass is 9.84. The molecule has 0 radical (unpaired) electrons. The van der Waals surface area contributed by atoms with Crippen LogP contribution in [0.4, 0.5) is 0 Å². The summed E-state index contributed by atoms with van der Waals surface area (Å²) in [6, 6.07) is 4.20. The van der Waals surface area contributed by atoms with Gasteiger partial charge >= 0.3 is 5.97 Å². The zero-order chi connectivity index (χ0) is 25.5. The lowest BCUT2D eigenvalue weighted by Crippen LogP contribution is -2.60. The topological polar surface area (TPSA) is 135 Å². The standard InChI is InChI=1S/C21H28N2O5.C5H4O2S/c24-17-13-28-18-7-4-9-21(17,18)23-20(26)16(11-14-5-2-1-3-6-14)22-19(25)15-8-10-27-12-15;6-5(7)4-2-1-3-8-4/h8,10,12,14,16,18H,1-7,9,11,13H2,(H,22,25)(H,23,26);1-3H,(H,6,7). The number of nitrogens with one attached hydrogen (secondary N) is 2. The molecule has 9 nitrogen and oxygen atoms in total. The summed E-state index contributed by atoms with van der Waals surface area (Å²) in [4.78, 5) is 48.7. The number of furan rings is 1. The Labute approximate surface area is 213 Å². The fourth-order valence-electron chi connectivity index (χ4n) is 5.37. The summed E-state index contributed by atoms with van der Waals surface area (Å²) in [6.07, 6.45) is 11.1. The van der Waals surface area contributed by atoms with Crippen molar-refractivity contribution in [1.29, 1.82) is 0 Å². The molecule has 5 rings (SSSR count). The number of amides is 2. The predicted molar refractivity (Wildman–Crippen MR) is 132 cm³/mol. The Balaban J connectivity index is 0.000000325. The van der Waals surface area contributed by atoms with Gasteiger partial charge in [-0.2, -0.15) is 0 Å². The highest BCUT2D eigenvalue weighted by Gasteiger charge is 2.55. The monoisotopic (exact) mass is 516 g/mol. The van der Waals surface area contributed by atoms with Crippen LogP contribution in [0.3, 0.4) is 0 Å². The van der Waals surface area contributed by atoms with Crippen LogP contribution in [0.5, 0.6) is 0 Å². The summed E-state index contributed by atoms with van der Waals surface area (Å²) in [5.41, 5.74) is -0.527. The van der Waals surface area contributed by atoms with Crippen molar-refractivity contribution in [3.05, 3.63) is 46.5 Å². The second-order valence-electron chi connectivity index (χ2n) is 9.64. The number of ether oxygens (including phenoxy) is 1. The largest absolute Gasteiger partial charge is 0.477 e. The van der Waals surface area contributed by atoms with Crippen molar-refractivity contribution in [2.24, 2.45) is 5.92 Å². The number of carboxylic acid groups (broad SMARTS) is 1. The van der Waals surface area contributed by atoms with Gasteiger partial charge in [-0.3, -0.25) is 14.4 Å². The maximum Gasteiger partial charge on any atom is 0.345 e. The molecular weight excluding hydrogens is 484 g/mol. The lowest BCUT2D eigenvalue weighted by molar-refractivity contribution is -0.131. The Morgan fingerprint density at radius 3 is 2.58 bits per heavy atom. The fraction of sp³-hybridized carbons (Fsp3) is 0.538. The second kappa shape index (κ2) is 11.8. The SMILES string of the molecule is O=C(NC(CC1CCCCC1)C(=O)NC12CCCC1OCC2=O)c1ccoc1.O=C(O)c1cccs1. The Morgan fingerprint density at radius 1 is 1.14 bits per heavy atom. The van der Waals surface area contributed by atoms with Gasteiger partial charge in [-0.25, -0.2) is 4.79 Å². The zero-order valence-corrected chi connectivity index (χ0v) is 20.9. The normalized spacial score (nSPS) is 24.3. The number of rotatable bonds is 7. The molecule has 0 aromatic carbocycles. The van der Waals surface area contributed by atoms with E-state index in [1.807, 2.05) is 0 Å². The number of hydrogen-bond donors (Lipinski definition) is 3. The highest BCUT2D eigenvalue weighted by atomic mass is 32.1. The Morgan fingerprint density at radius 2 is 1.94 bits per heavy atom. The predicted octanol–water partition coefficient (Wildman–Crippen LogP) is 3.80. The minimum Gasteiger partial charge on any atom is -0.477 e. The van der Waals surface area contributed by atoms with Crippen molar-refractivity contribution in [3.63, 3.8) is 0 Å². The van der Waals surface area contributed by atoms with Crippen LogP contribution >= 0.6 is 11.3 Å². The summed E-state index contributed by atoms with van der Waals surface area (Å²) in [6.45, 7) is 0.0552. The van der Waals surface area contributed by atoms with Crippen LogP contribution in [0, 0.1) is 5.92 Å². The molecule has 3 unspecified atom stereocenters. The smallest absolute Gasteiger partial charge is 0.345 e. The van der Waals surface area contributed by atoms with Gasteiger partial charge in [0.25, 0.3) is 5.91 Å². The van der Waals surface area contributed by atoms with Crippen LogP contribution in [0.1, 0.15) is 77.8 Å². The highest BCUT2D eigenvalue weighted by molar-refractivity contribution is 7.11. The van der Waals surface area contributed by atoms with Gasteiger partial charge in [0, 0.05) is 0 Å². The van der Waals surface area contributed by atoms with E-state index in [1.165, 1.54) is 30.3 Å². The zero-order valence-electron chi connectivity index (χ0n) is 20.1. The maximum absolute atomic E-state index is 13.2. The molecule has 3 fully saturated rings. The van der Waals surface area contributed by atoms with Crippen LogP contribution < -0.4 is 10.6 Å². The molecule has 2 aromatic heterocycles. The quantitative estimate of drug-likeness (QED) is 0.509. The van der Waals surface area contributed by atoms with Gasteiger partial charge in [-0.05, 0) is 49.1 Å². The summed E-state index contributed by atoms with van der Waals surface area (Å²) in [7, 11) is 0. The van der Waals surface area contributed by atoms with Crippen LogP contribution in [0.2, 0.25) is 0 Å². The van der Waals surface area contributed by atoms with E-state index in [2.05, 4.69) is 10.6 Å². The van der Waals surface area contributed by atoms with Crippen molar-refractivity contribution < 1.29 is 33.4 Å². The van der Waals surface area contributed by atoms with E-state index in [0.717, 1.165) is 38.5 Å². The van der Waals surface area contributed by atoms with Gasteiger partial charge in [-0.15, -0.1) is 11.3 Å². The van der Waals surface area contributed by atoms with Crippen molar-refractivity contribution in [3.8, 4) is 0 Å². The van der Waals surface area contributed by atoms with Gasteiger partial charge < -0.3 is 24.9 Å². The number of carbonyl (C=O) groups excluding carboxylic acids is 3. The van der Waals surface area contributed by atoms with Crippen LogP contribution in [0.25, 0.3) is 0 Å². The van der Waals surface area contributed by atoms with E-state index >= 15 is 0 Å². The molecule has 3 aliphatic rings. The van der Waals surface area contributed by atoms with Crippen molar-refractivity contribution in [1.82, 2.24) is 10.6 Å². The molecule has 3 N–H and O–H groups in total. The molecule has 3 atom stereocenters. The van der Waals surface area contributed by atoms with Crippen LogP contribution in [0.15, 0.2) is 40.5 Å². The third-order valence-electron chi connectivity index (χ3n) is 7.28. The number of hydrogen-bond acceptors (Lipinski definition) is 7. The van der Waals surface area contributed by atoms with Gasteiger partial charge in [0.05, 0.1) is 17.9 Å². The molecule has 2 aromatic rings. The van der Waals surface area contributed by atoms with E-state index < -0.39 is 17.6 Å². The minimum absolute atomic E-state index is 0.0547. The molecule has 1 saturated heterocycles. The van der Waals surface area contributed by atoms with Gasteiger partial charge in [0.15, 0.2) is 5.78 Å². The number of thiophene rings is 1. The molecule has 36 heavy (non-hydrogen) atoms. The molecule has 194 valence electrons. The number of carbonyl (C=O) groups is 4. The molecular formula is C26H32N2O7S. The molecule has 2 amide bonds. The van der Waals surface area contributed by atoms with E-state index in [-0.39, 0.29) is 30.3 Å². The summed E-state index contributed by atoms with van der Waals surface area (Å²) < 4.78 is 10.6. The van der Waals surface area contributed by atoms with Crippen LogP contribution in [-0.4, -0.2) is 53.0 Å². The first-order valence-corrected chi connectivity index (χ1v) is 13.3. The minimum atomic E-state index is -0.914. The lowest BCUT2D eigenvalue weighted by Gasteiger charge is -2.32. The van der Waals surface area contributed by atoms with Gasteiger partial charge in [0.2, 0.25) is 5.91 Å². The molecule has 0 spiro atoms. The molecule has 0 bridgehead atoms. The number of ketones is 1. The summed E-state index contributed by atoms with van der Waals surface area (Å²) in [5.74, 6) is -1.12. The first-order valence-electron chi connectivity index (χ1n) is 12.5. The number of carboxylic acids is 1. The van der Waals surface area contributed by atoms with Crippen molar-refractivity contribution in [2.75, 3.05) is 6.61 Å². The number of aromatic carboxylic acids is 1. The molecule has 1 aliphatic heterocycles. The van der Waals surface area contributed by atoms with Crippen molar-refractivity contribution >= 4 is 34.9 Å². The molecule has 10 heteroatoms. The Bertz CT molecular complexity index is 1050. The maximum atomic E-state index is 13.2. The highest BCUT2D eigenvalue weighted by Crippen LogP contribution is 2.38. The van der Waals surface area contributed by atoms with Crippen LogP contribution in [-0.2, 0) is 14.3 Å². The first kappa shape index (κ1) is 26.1. The van der Waals surface area contributed by atoms with E-state index in [1.54, 1.807) is 23.6 Å². The van der Waals surface area contributed by atoms with E-state index in [0.29, 0.717) is 29.2 Å².